The van der Waals surface area contributed by atoms with Gasteiger partial charge in [0.05, 0.1) is 9.83 Å². The van der Waals surface area contributed by atoms with E-state index in [0.29, 0.717) is 6.54 Å². The summed E-state index contributed by atoms with van der Waals surface area (Å²) in [7, 11) is 1.87. The summed E-state index contributed by atoms with van der Waals surface area (Å²) in [4.78, 5) is 12.7. The van der Waals surface area contributed by atoms with E-state index >= 15 is 0 Å². The van der Waals surface area contributed by atoms with E-state index in [1.165, 1.54) is 4.88 Å². The number of nitrogens with one attached hydrogen (secondary N) is 2. The van der Waals surface area contributed by atoms with E-state index in [9.17, 15) is 4.79 Å². The first-order valence-electron chi connectivity index (χ1n) is 5.71. The molecule has 1 amide bonds. The Morgan fingerprint density at radius 1 is 1.50 bits per heavy atom. The van der Waals surface area contributed by atoms with Crippen LogP contribution in [0, 0.1) is 0 Å². The number of carbonyl (C=O) groups is 1. The molecule has 102 valence electrons. The molecule has 0 aliphatic carbocycles. The Hall–Kier alpha value is -0.590. The van der Waals surface area contributed by atoms with Crippen LogP contribution in [0.5, 0.6) is 0 Å². The van der Waals surface area contributed by atoms with Crippen LogP contribution in [-0.4, -0.2) is 25.3 Å². The molecule has 0 fully saturated rings. The van der Waals surface area contributed by atoms with Gasteiger partial charge >= 0.3 is 6.09 Å². The average molecular weight is 335 g/mol. The van der Waals surface area contributed by atoms with Gasteiger partial charge in [-0.15, -0.1) is 11.3 Å². The summed E-state index contributed by atoms with van der Waals surface area (Å²) < 4.78 is 6.27. The number of amides is 1. The van der Waals surface area contributed by atoms with E-state index in [0.717, 1.165) is 3.79 Å². The van der Waals surface area contributed by atoms with E-state index in [1.807, 2.05) is 40.0 Å². The van der Waals surface area contributed by atoms with Crippen LogP contribution in [-0.2, 0) is 4.74 Å². The Morgan fingerprint density at radius 2 is 2.17 bits per heavy atom. The quantitative estimate of drug-likeness (QED) is 0.888. The predicted octanol–water partition coefficient (Wildman–Crippen LogP) is 3.30. The zero-order valence-corrected chi connectivity index (χ0v) is 13.4. The summed E-state index contributed by atoms with van der Waals surface area (Å²) in [5.74, 6) is 0. The molecular weight excluding hydrogens is 316 g/mol. The molecule has 4 nitrogen and oxygen atoms in total. The summed E-state index contributed by atoms with van der Waals surface area (Å²) in [5, 5.41) is 5.93. The maximum Gasteiger partial charge on any atom is 0.407 e. The Balaban J connectivity index is 2.48. The van der Waals surface area contributed by atoms with Crippen molar-refractivity contribution in [1.29, 1.82) is 0 Å². The third-order valence-corrected chi connectivity index (χ3v) is 3.87. The van der Waals surface area contributed by atoms with Gasteiger partial charge in [0.1, 0.15) is 5.60 Å². The van der Waals surface area contributed by atoms with Gasteiger partial charge in [0.2, 0.25) is 0 Å². The number of hydrogen-bond acceptors (Lipinski definition) is 4. The smallest absolute Gasteiger partial charge is 0.407 e. The van der Waals surface area contributed by atoms with Gasteiger partial charge in [0, 0.05) is 11.4 Å². The number of thiophene rings is 1. The molecule has 0 radical (unpaired) electrons. The highest BCUT2D eigenvalue weighted by molar-refractivity contribution is 9.11. The van der Waals surface area contributed by atoms with E-state index in [-0.39, 0.29) is 6.04 Å². The zero-order chi connectivity index (χ0) is 13.8. The second-order valence-electron chi connectivity index (χ2n) is 4.87. The Labute approximate surface area is 120 Å². The van der Waals surface area contributed by atoms with Crippen LogP contribution in [0.2, 0.25) is 0 Å². The summed E-state index contributed by atoms with van der Waals surface area (Å²) in [6.07, 6.45) is -0.390. The van der Waals surface area contributed by atoms with Crippen LogP contribution >= 0.6 is 27.3 Å². The summed E-state index contributed by atoms with van der Waals surface area (Å²) in [5.41, 5.74) is -0.467. The normalized spacial score (nSPS) is 13.2. The first-order valence-corrected chi connectivity index (χ1v) is 7.32. The molecule has 6 heteroatoms. The molecule has 18 heavy (non-hydrogen) atoms. The number of alkyl carbamates (subject to hydrolysis) is 1. The molecule has 2 N–H and O–H groups in total. The van der Waals surface area contributed by atoms with Crippen LogP contribution in [0.25, 0.3) is 0 Å². The number of carbonyl (C=O) groups excluding carboxylic acids is 1. The molecule has 1 aromatic heterocycles. The SMILES string of the molecule is CNC(CNC(=O)OC(C)(C)C)c1ccc(Br)s1. The fraction of sp³-hybridized carbons (Fsp3) is 0.583. The molecule has 0 aromatic carbocycles. The van der Waals surface area contributed by atoms with Crippen molar-refractivity contribution >= 4 is 33.4 Å². The van der Waals surface area contributed by atoms with Gasteiger partial charge in [0.25, 0.3) is 0 Å². The molecular formula is C12H19BrN2O2S. The predicted molar refractivity (Wildman–Crippen MR) is 78.1 cm³/mol. The van der Waals surface area contributed by atoms with Gasteiger partial charge in [-0.1, -0.05) is 0 Å². The highest BCUT2D eigenvalue weighted by Crippen LogP contribution is 2.26. The molecule has 1 heterocycles. The number of rotatable bonds is 4. The Bertz CT molecular complexity index is 401. The molecule has 0 bridgehead atoms. The fourth-order valence-corrected chi connectivity index (χ4v) is 2.89. The fourth-order valence-electron chi connectivity index (χ4n) is 1.36. The van der Waals surface area contributed by atoms with E-state index in [4.69, 9.17) is 4.74 Å². The molecule has 1 atom stereocenters. The van der Waals surface area contributed by atoms with Crippen molar-refractivity contribution < 1.29 is 9.53 Å². The van der Waals surface area contributed by atoms with Crippen LogP contribution in [0.1, 0.15) is 31.7 Å². The van der Waals surface area contributed by atoms with Gasteiger partial charge in [-0.2, -0.15) is 0 Å². The largest absolute Gasteiger partial charge is 0.444 e. The van der Waals surface area contributed by atoms with Crippen molar-refractivity contribution in [3.63, 3.8) is 0 Å². The first-order chi connectivity index (χ1) is 8.31. The average Bonchev–Trinajstić information content (AvgIpc) is 2.63. The Morgan fingerprint density at radius 3 is 2.61 bits per heavy atom. The third-order valence-electron chi connectivity index (χ3n) is 2.14. The maximum absolute atomic E-state index is 11.5. The lowest BCUT2D eigenvalue weighted by Gasteiger charge is -2.21. The van der Waals surface area contributed by atoms with Crippen molar-refractivity contribution in [3.05, 3.63) is 20.8 Å². The summed E-state index contributed by atoms with van der Waals surface area (Å²) in [6.45, 7) is 6.04. The lowest BCUT2D eigenvalue weighted by atomic mass is 10.2. The summed E-state index contributed by atoms with van der Waals surface area (Å²) >= 11 is 5.08. The van der Waals surface area contributed by atoms with E-state index < -0.39 is 11.7 Å². The number of halogens is 1. The summed E-state index contributed by atoms with van der Waals surface area (Å²) in [6, 6.07) is 4.12. The van der Waals surface area contributed by atoms with Crippen molar-refractivity contribution in [3.8, 4) is 0 Å². The van der Waals surface area contributed by atoms with Crippen molar-refractivity contribution in [1.82, 2.24) is 10.6 Å². The number of likely N-dealkylation sites (N-methyl/N-ethyl adjacent to an activating group) is 1. The second-order valence-corrected chi connectivity index (χ2v) is 7.36. The Kier molecular flexibility index (Phi) is 5.62. The van der Waals surface area contributed by atoms with Crippen molar-refractivity contribution in [2.24, 2.45) is 0 Å². The second kappa shape index (κ2) is 6.54. The third kappa shape index (κ3) is 5.37. The van der Waals surface area contributed by atoms with Crippen LogP contribution in [0.4, 0.5) is 4.79 Å². The lowest BCUT2D eigenvalue weighted by Crippen LogP contribution is -2.37. The van der Waals surface area contributed by atoms with Crippen molar-refractivity contribution in [2.45, 2.75) is 32.4 Å². The molecule has 0 aliphatic rings. The monoisotopic (exact) mass is 334 g/mol. The van der Waals surface area contributed by atoms with Crippen LogP contribution in [0.15, 0.2) is 15.9 Å². The molecule has 1 aromatic rings. The standard InChI is InChI=1S/C12H19BrN2O2S/c1-12(2,3)17-11(16)15-7-8(14-4)9-5-6-10(13)18-9/h5-6,8,14H,7H2,1-4H3,(H,15,16). The van der Waals surface area contributed by atoms with Gasteiger partial charge < -0.3 is 15.4 Å². The number of ether oxygens (including phenoxy) is 1. The van der Waals surface area contributed by atoms with E-state index in [1.54, 1.807) is 11.3 Å². The minimum Gasteiger partial charge on any atom is -0.444 e. The van der Waals surface area contributed by atoms with Gasteiger partial charge in [-0.05, 0) is 55.9 Å². The highest BCUT2D eigenvalue weighted by atomic mass is 79.9. The van der Waals surface area contributed by atoms with Crippen molar-refractivity contribution in [2.75, 3.05) is 13.6 Å². The minimum atomic E-state index is -0.467. The lowest BCUT2D eigenvalue weighted by molar-refractivity contribution is 0.0523. The zero-order valence-electron chi connectivity index (χ0n) is 11.0. The topological polar surface area (TPSA) is 50.4 Å². The molecule has 1 rings (SSSR count). The van der Waals surface area contributed by atoms with Gasteiger partial charge in [0.15, 0.2) is 0 Å². The minimum absolute atomic E-state index is 0.0915. The molecule has 0 aliphatic heterocycles. The van der Waals surface area contributed by atoms with Crippen LogP contribution in [0.3, 0.4) is 0 Å². The highest BCUT2D eigenvalue weighted by Gasteiger charge is 2.18. The molecule has 0 saturated heterocycles. The van der Waals surface area contributed by atoms with Gasteiger partial charge in [-0.3, -0.25) is 0 Å². The van der Waals surface area contributed by atoms with Gasteiger partial charge in [-0.25, -0.2) is 4.79 Å². The van der Waals surface area contributed by atoms with Crippen LogP contribution < -0.4 is 10.6 Å². The number of hydrogen-bond donors (Lipinski definition) is 2. The molecule has 1 unspecified atom stereocenters. The maximum atomic E-state index is 11.5. The van der Waals surface area contributed by atoms with E-state index in [2.05, 4.69) is 26.6 Å². The first kappa shape index (κ1) is 15.5. The molecule has 0 saturated carbocycles. The molecule has 0 spiro atoms.